The average molecular weight is 292 g/mol. The molecule has 2 N–H and O–H groups in total. The number of likely N-dealkylation sites (tertiary alicyclic amines) is 1. The third kappa shape index (κ3) is 4.06. The largest absolute Gasteiger partial charge is 0.375 e. The third-order valence-corrected chi connectivity index (χ3v) is 3.53. The number of rotatable bonds is 3. The standard InChI is InChI=1S/C12H21N3O3.ClH/c1-13-12(17)10-3-2-5-15(10)11(16)7-9-8-14-4-6-18-9;/h9-10,14H,2-8H2,1H3,(H,13,17);1H. The first-order chi connectivity index (χ1) is 8.72. The fourth-order valence-corrected chi connectivity index (χ4v) is 2.57. The minimum absolute atomic E-state index is 0. The summed E-state index contributed by atoms with van der Waals surface area (Å²) in [6.07, 6.45) is 1.96. The highest BCUT2D eigenvalue weighted by molar-refractivity contribution is 5.88. The molecule has 2 atom stereocenters. The molecular formula is C12H22ClN3O3. The first-order valence-electron chi connectivity index (χ1n) is 6.55. The van der Waals surface area contributed by atoms with E-state index in [-0.39, 0.29) is 36.4 Å². The average Bonchev–Trinajstić information content (AvgIpc) is 2.88. The van der Waals surface area contributed by atoms with E-state index in [1.165, 1.54) is 0 Å². The second-order valence-electron chi connectivity index (χ2n) is 4.76. The molecule has 2 aliphatic heterocycles. The summed E-state index contributed by atoms with van der Waals surface area (Å²) in [6, 6.07) is -0.293. The molecule has 2 heterocycles. The van der Waals surface area contributed by atoms with Crippen LogP contribution in [-0.4, -0.2) is 62.1 Å². The third-order valence-electron chi connectivity index (χ3n) is 3.53. The first kappa shape index (κ1) is 16.2. The molecule has 0 saturated carbocycles. The van der Waals surface area contributed by atoms with Crippen molar-refractivity contribution in [3.05, 3.63) is 0 Å². The molecular weight excluding hydrogens is 270 g/mol. The second kappa shape index (κ2) is 7.67. The highest BCUT2D eigenvalue weighted by atomic mass is 35.5. The Morgan fingerprint density at radius 1 is 1.47 bits per heavy atom. The van der Waals surface area contributed by atoms with Crippen molar-refractivity contribution in [2.45, 2.75) is 31.4 Å². The predicted octanol–water partition coefficient (Wildman–Crippen LogP) is -0.476. The van der Waals surface area contributed by atoms with Crippen LogP contribution in [0.4, 0.5) is 0 Å². The number of hydrogen-bond acceptors (Lipinski definition) is 4. The number of morpholine rings is 1. The maximum Gasteiger partial charge on any atom is 0.242 e. The Balaban J connectivity index is 0.00000180. The number of nitrogens with one attached hydrogen (secondary N) is 2. The zero-order chi connectivity index (χ0) is 13.0. The van der Waals surface area contributed by atoms with Crippen LogP contribution in [0.15, 0.2) is 0 Å². The summed E-state index contributed by atoms with van der Waals surface area (Å²) in [5.41, 5.74) is 0. The fourth-order valence-electron chi connectivity index (χ4n) is 2.57. The number of likely N-dealkylation sites (N-methyl/N-ethyl adjacent to an activating group) is 1. The van der Waals surface area contributed by atoms with Gasteiger partial charge in [-0.1, -0.05) is 0 Å². The van der Waals surface area contributed by atoms with Crippen molar-refractivity contribution in [3.8, 4) is 0 Å². The number of amides is 2. The van der Waals surface area contributed by atoms with E-state index in [2.05, 4.69) is 10.6 Å². The lowest BCUT2D eigenvalue weighted by molar-refractivity contribution is -0.140. The summed E-state index contributed by atoms with van der Waals surface area (Å²) in [5.74, 6) is -0.0432. The van der Waals surface area contributed by atoms with Gasteiger partial charge in [-0.25, -0.2) is 0 Å². The van der Waals surface area contributed by atoms with Crippen molar-refractivity contribution in [2.75, 3.05) is 33.3 Å². The van der Waals surface area contributed by atoms with Crippen molar-refractivity contribution < 1.29 is 14.3 Å². The van der Waals surface area contributed by atoms with Gasteiger partial charge in [-0.05, 0) is 12.8 Å². The van der Waals surface area contributed by atoms with Gasteiger partial charge in [0.25, 0.3) is 0 Å². The number of halogens is 1. The van der Waals surface area contributed by atoms with Crippen LogP contribution in [0.25, 0.3) is 0 Å². The van der Waals surface area contributed by atoms with Gasteiger partial charge in [0.15, 0.2) is 0 Å². The number of carbonyl (C=O) groups excluding carboxylic acids is 2. The van der Waals surface area contributed by atoms with Crippen molar-refractivity contribution in [1.82, 2.24) is 15.5 Å². The molecule has 2 amide bonds. The minimum Gasteiger partial charge on any atom is -0.375 e. The minimum atomic E-state index is -0.293. The summed E-state index contributed by atoms with van der Waals surface area (Å²) >= 11 is 0. The summed E-state index contributed by atoms with van der Waals surface area (Å²) in [6.45, 7) is 2.88. The molecule has 0 aliphatic carbocycles. The Labute approximate surface area is 119 Å². The Morgan fingerprint density at radius 3 is 2.89 bits per heavy atom. The lowest BCUT2D eigenvalue weighted by Gasteiger charge is -2.28. The van der Waals surface area contributed by atoms with Crippen molar-refractivity contribution >= 4 is 24.2 Å². The van der Waals surface area contributed by atoms with Crippen molar-refractivity contribution in [1.29, 1.82) is 0 Å². The van der Waals surface area contributed by atoms with Gasteiger partial charge in [-0.2, -0.15) is 0 Å². The topological polar surface area (TPSA) is 70.7 Å². The van der Waals surface area contributed by atoms with Crippen LogP contribution in [0.2, 0.25) is 0 Å². The van der Waals surface area contributed by atoms with Crippen molar-refractivity contribution in [2.24, 2.45) is 0 Å². The van der Waals surface area contributed by atoms with Gasteiger partial charge in [0, 0.05) is 26.7 Å². The van der Waals surface area contributed by atoms with Gasteiger partial charge in [0.05, 0.1) is 19.1 Å². The number of nitrogens with zero attached hydrogens (tertiary/aromatic N) is 1. The summed E-state index contributed by atoms with van der Waals surface area (Å²) in [5, 5.41) is 5.82. The Hall–Kier alpha value is -0.850. The van der Waals surface area contributed by atoms with Gasteiger partial charge < -0.3 is 20.3 Å². The molecule has 7 heteroatoms. The predicted molar refractivity (Wildman–Crippen MR) is 73.3 cm³/mol. The number of hydrogen-bond donors (Lipinski definition) is 2. The number of ether oxygens (including phenoxy) is 1. The zero-order valence-electron chi connectivity index (χ0n) is 11.2. The quantitative estimate of drug-likeness (QED) is 0.737. The highest BCUT2D eigenvalue weighted by Crippen LogP contribution is 2.19. The van der Waals surface area contributed by atoms with E-state index < -0.39 is 0 Å². The Bertz CT molecular complexity index is 321. The van der Waals surface area contributed by atoms with E-state index in [1.807, 2.05) is 0 Å². The Kier molecular flexibility index (Phi) is 6.54. The van der Waals surface area contributed by atoms with Crippen LogP contribution in [0.5, 0.6) is 0 Å². The molecule has 2 saturated heterocycles. The normalized spacial score (nSPS) is 26.7. The summed E-state index contributed by atoms with van der Waals surface area (Å²) in [7, 11) is 1.61. The van der Waals surface area contributed by atoms with E-state index in [0.29, 0.717) is 26.1 Å². The lowest BCUT2D eigenvalue weighted by atomic mass is 10.1. The van der Waals surface area contributed by atoms with Gasteiger partial charge in [-0.3, -0.25) is 9.59 Å². The van der Waals surface area contributed by atoms with Gasteiger partial charge in [0.2, 0.25) is 11.8 Å². The smallest absolute Gasteiger partial charge is 0.242 e. The molecule has 0 bridgehead atoms. The molecule has 0 spiro atoms. The van der Waals surface area contributed by atoms with Crippen molar-refractivity contribution in [3.63, 3.8) is 0 Å². The molecule has 2 aliphatic rings. The van der Waals surface area contributed by atoms with E-state index in [4.69, 9.17) is 4.74 Å². The maximum absolute atomic E-state index is 12.2. The molecule has 0 radical (unpaired) electrons. The molecule has 19 heavy (non-hydrogen) atoms. The molecule has 110 valence electrons. The van der Waals surface area contributed by atoms with Crippen LogP contribution < -0.4 is 10.6 Å². The lowest BCUT2D eigenvalue weighted by Crippen LogP contribution is -2.47. The van der Waals surface area contributed by atoms with Crippen LogP contribution >= 0.6 is 12.4 Å². The van der Waals surface area contributed by atoms with Gasteiger partial charge in [-0.15, -0.1) is 12.4 Å². The van der Waals surface area contributed by atoms with Gasteiger partial charge >= 0.3 is 0 Å². The first-order valence-corrected chi connectivity index (χ1v) is 6.55. The molecule has 0 aromatic heterocycles. The number of carbonyl (C=O) groups is 2. The zero-order valence-corrected chi connectivity index (χ0v) is 12.0. The van der Waals surface area contributed by atoms with E-state index in [9.17, 15) is 9.59 Å². The molecule has 6 nitrogen and oxygen atoms in total. The van der Waals surface area contributed by atoms with Crippen LogP contribution in [-0.2, 0) is 14.3 Å². The molecule has 0 aromatic rings. The van der Waals surface area contributed by atoms with E-state index >= 15 is 0 Å². The summed E-state index contributed by atoms with van der Waals surface area (Å²) in [4.78, 5) is 25.5. The maximum atomic E-state index is 12.2. The Morgan fingerprint density at radius 2 is 2.26 bits per heavy atom. The van der Waals surface area contributed by atoms with Crippen LogP contribution in [0.1, 0.15) is 19.3 Å². The molecule has 2 unspecified atom stereocenters. The van der Waals surface area contributed by atoms with E-state index in [1.54, 1.807) is 11.9 Å². The fraction of sp³-hybridized carbons (Fsp3) is 0.833. The molecule has 2 fully saturated rings. The highest BCUT2D eigenvalue weighted by Gasteiger charge is 2.34. The molecule has 2 rings (SSSR count). The second-order valence-corrected chi connectivity index (χ2v) is 4.76. The van der Waals surface area contributed by atoms with E-state index in [0.717, 1.165) is 19.4 Å². The van der Waals surface area contributed by atoms with Crippen LogP contribution in [0, 0.1) is 0 Å². The van der Waals surface area contributed by atoms with Crippen LogP contribution in [0.3, 0.4) is 0 Å². The van der Waals surface area contributed by atoms with Gasteiger partial charge in [0.1, 0.15) is 6.04 Å². The SMILES string of the molecule is CNC(=O)C1CCCN1C(=O)CC1CNCCO1.Cl. The monoisotopic (exact) mass is 291 g/mol. The molecule has 0 aromatic carbocycles. The summed E-state index contributed by atoms with van der Waals surface area (Å²) < 4.78 is 5.52.